The van der Waals surface area contributed by atoms with Gasteiger partial charge in [0.15, 0.2) is 0 Å². The van der Waals surface area contributed by atoms with Crippen molar-refractivity contribution in [2.75, 3.05) is 0 Å². The Balaban J connectivity index is 1.10. The molecule has 0 aromatic heterocycles. The predicted molar refractivity (Wildman–Crippen MR) is 199 cm³/mol. The van der Waals surface area contributed by atoms with Gasteiger partial charge in [-0.05, 0) is 98.5 Å². The first kappa shape index (κ1) is 31.4. The molecule has 6 aromatic carbocycles. The minimum atomic E-state index is -1.51. The molecule has 1 N–H and O–H groups in total. The predicted octanol–water partition coefficient (Wildman–Crippen LogP) is 9.21. The van der Waals surface area contributed by atoms with Crippen LogP contribution in [-0.4, -0.2) is 17.0 Å². The zero-order valence-electron chi connectivity index (χ0n) is 27.4. The summed E-state index contributed by atoms with van der Waals surface area (Å²) in [6, 6.07) is 45.8. The summed E-state index contributed by atoms with van der Waals surface area (Å²) in [7, 11) is 0. The molecule has 3 unspecified atom stereocenters. The van der Waals surface area contributed by atoms with Crippen molar-refractivity contribution in [3.8, 4) is 22.6 Å². The van der Waals surface area contributed by atoms with Crippen LogP contribution >= 0.6 is 15.9 Å². The van der Waals surface area contributed by atoms with Gasteiger partial charge in [0.05, 0.1) is 11.3 Å². The van der Waals surface area contributed by atoms with Crippen molar-refractivity contribution in [3.63, 3.8) is 0 Å². The van der Waals surface area contributed by atoms with Gasteiger partial charge >= 0.3 is 11.9 Å². The average Bonchev–Trinajstić information content (AvgIpc) is 3.46. The van der Waals surface area contributed by atoms with E-state index in [1.807, 2.05) is 97.1 Å². The van der Waals surface area contributed by atoms with Gasteiger partial charge in [0.25, 0.3) is 0 Å². The van der Waals surface area contributed by atoms with E-state index in [-0.39, 0.29) is 5.92 Å². The second-order valence-electron chi connectivity index (χ2n) is 13.4. The molecule has 0 amide bonds. The zero-order chi connectivity index (χ0) is 34.9. The third kappa shape index (κ3) is 4.56. The van der Waals surface area contributed by atoms with Gasteiger partial charge < -0.3 is 14.6 Å². The van der Waals surface area contributed by atoms with Crippen LogP contribution in [0.3, 0.4) is 0 Å². The molecule has 0 saturated heterocycles. The summed E-state index contributed by atoms with van der Waals surface area (Å²) in [5.74, 6) is -0.963. The van der Waals surface area contributed by atoms with Crippen LogP contribution in [0.25, 0.3) is 11.1 Å². The van der Waals surface area contributed by atoms with Crippen molar-refractivity contribution in [2.24, 2.45) is 5.92 Å². The van der Waals surface area contributed by atoms with Crippen LogP contribution in [0.5, 0.6) is 11.5 Å². The van der Waals surface area contributed by atoms with E-state index in [2.05, 4.69) is 52.8 Å². The van der Waals surface area contributed by atoms with Crippen LogP contribution in [-0.2, 0) is 20.6 Å². The standard InChI is InChI=1S/C45H31BrO5/c1-2-42(47)50-30-20-15-27(16-21-30)44(37-12-6-3-9-32(37)33-10-4-7-13-38(33)44)28-17-22-31(23-18-28)51-43(48)41-26-35-34-11-5-8-14-39(34)45(41,49)40-24-19-29(46)25-36(35)40/h2-25,35,41,49H,1,26H2. The Morgan fingerprint density at radius 2 is 1.20 bits per heavy atom. The summed E-state index contributed by atoms with van der Waals surface area (Å²) in [5.41, 5.74) is 7.89. The Labute approximate surface area is 304 Å². The Morgan fingerprint density at radius 3 is 1.80 bits per heavy atom. The van der Waals surface area contributed by atoms with E-state index in [9.17, 15) is 14.7 Å². The molecule has 2 bridgehead atoms. The lowest BCUT2D eigenvalue weighted by Gasteiger charge is -2.50. The number of carbonyl (C=O) groups is 2. The molecule has 5 nitrogen and oxygen atoms in total. The number of esters is 2. The Hall–Kier alpha value is -5.56. The topological polar surface area (TPSA) is 72.8 Å². The Morgan fingerprint density at radius 1 is 0.667 bits per heavy atom. The third-order valence-electron chi connectivity index (χ3n) is 10.9. The van der Waals surface area contributed by atoms with Crippen LogP contribution in [0.2, 0.25) is 0 Å². The molecular formula is C45H31BrO5. The van der Waals surface area contributed by atoms with Gasteiger partial charge in [0.2, 0.25) is 0 Å². The van der Waals surface area contributed by atoms with E-state index in [0.29, 0.717) is 17.9 Å². The van der Waals surface area contributed by atoms with E-state index in [1.54, 1.807) is 12.1 Å². The van der Waals surface area contributed by atoms with Gasteiger partial charge in [-0.25, -0.2) is 4.79 Å². The fraction of sp³-hybridized carbons (Fsp3) is 0.111. The summed E-state index contributed by atoms with van der Waals surface area (Å²) >= 11 is 3.59. The number of carbonyl (C=O) groups excluding carboxylic acids is 2. The van der Waals surface area contributed by atoms with Crippen LogP contribution in [0.15, 0.2) is 157 Å². The first-order valence-electron chi connectivity index (χ1n) is 16.9. The maximum absolute atomic E-state index is 14.1. The van der Waals surface area contributed by atoms with E-state index < -0.39 is 28.9 Å². The quantitative estimate of drug-likeness (QED) is 0.105. The lowest BCUT2D eigenvalue weighted by atomic mass is 9.56. The summed E-state index contributed by atoms with van der Waals surface area (Å²) in [6.07, 6.45) is 1.59. The highest BCUT2D eigenvalue weighted by Crippen LogP contribution is 2.59. The van der Waals surface area contributed by atoms with Gasteiger partial charge in [0, 0.05) is 16.5 Å². The molecule has 0 spiro atoms. The van der Waals surface area contributed by atoms with Crippen LogP contribution in [0, 0.1) is 5.92 Å². The van der Waals surface area contributed by atoms with Crippen molar-refractivity contribution < 1.29 is 24.2 Å². The summed E-state index contributed by atoms with van der Waals surface area (Å²) in [5, 5.41) is 12.5. The summed E-state index contributed by atoms with van der Waals surface area (Å²) < 4.78 is 12.5. The third-order valence-corrected chi connectivity index (χ3v) is 11.4. The Bertz CT molecular complexity index is 2350. The lowest BCUT2D eigenvalue weighted by Crippen LogP contribution is -2.51. The molecule has 6 heteroatoms. The molecule has 248 valence electrons. The minimum Gasteiger partial charge on any atom is -0.426 e. The SMILES string of the molecule is C=CC(=O)Oc1ccc(C2(c3ccc(OC(=O)C4CC5c6ccccc6C4(O)c4ccc(Br)cc45)cc3)c3ccccc3-c3ccccc32)cc1. The zero-order valence-corrected chi connectivity index (χ0v) is 29.0. The maximum Gasteiger partial charge on any atom is 0.335 e. The van der Waals surface area contributed by atoms with Crippen molar-refractivity contribution >= 4 is 27.9 Å². The molecule has 0 fully saturated rings. The highest BCUT2D eigenvalue weighted by Gasteiger charge is 2.57. The lowest BCUT2D eigenvalue weighted by molar-refractivity contribution is -0.150. The molecule has 6 aromatic rings. The van der Waals surface area contributed by atoms with E-state index in [1.165, 1.54) is 0 Å². The first-order chi connectivity index (χ1) is 24.8. The Kier molecular flexibility index (Phi) is 7.25. The van der Waals surface area contributed by atoms with Crippen LogP contribution < -0.4 is 9.47 Å². The molecule has 0 aliphatic heterocycles. The van der Waals surface area contributed by atoms with E-state index >= 15 is 0 Å². The normalized spacial score (nSPS) is 20.0. The summed E-state index contributed by atoms with van der Waals surface area (Å²) in [6.45, 7) is 3.50. The number of hydrogen-bond donors (Lipinski definition) is 1. The van der Waals surface area contributed by atoms with Gasteiger partial charge in [-0.15, -0.1) is 0 Å². The fourth-order valence-corrected chi connectivity index (χ4v) is 9.23. The van der Waals surface area contributed by atoms with E-state index in [0.717, 1.165) is 66.2 Å². The molecule has 10 rings (SSSR count). The van der Waals surface area contributed by atoms with Gasteiger partial charge in [-0.3, -0.25) is 4.79 Å². The molecule has 0 saturated carbocycles. The molecule has 4 aliphatic carbocycles. The monoisotopic (exact) mass is 730 g/mol. The number of benzene rings is 6. The highest BCUT2D eigenvalue weighted by atomic mass is 79.9. The number of fused-ring (bicyclic) bond motifs is 4. The van der Waals surface area contributed by atoms with Crippen LogP contribution in [0.1, 0.15) is 56.8 Å². The molecule has 0 radical (unpaired) electrons. The molecule has 4 aliphatic rings. The van der Waals surface area contributed by atoms with Crippen LogP contribution in [0.4, 0.5) is 0 Å². The molecule has 3 atom stereocenters. The largest absolute Gasteiger partial charge is 0.426 e. The highest BCUT2D eigenvalue weighted by molar-refractivity contribution is 9.10. The number of hydrogen-bond acceptors (Lipinski definition) is 5. The van der Waals surface area contributed by atoms with Crippen molar-refractivity contribution in [2.45, 2.75) is 23.4 Å². The van der Waals surface area contributed by atoms with Crippen molar-refractivity contribution in [1.29, 1.82) is 0 Å². The molecule has 51 heavy (non-hydrogen) atoms. The van der Waals surface area contributed by atoms with Gasteiger partial charge in [0.1, 0.15) is 17.1 Å². The number of halogens is 1. The number of ether oxygens (including phenoxy) is 2. The van der Waals surface area contributed by atoms with Gasteiger partial charge in [-0.2, -0.15) is 0 Å². The summed E-state index contributed by atoms with van der Waals surface area (Å²) in [4.78, 5) is 26.0. The average molecular weight is 732 g/mol. The number of aliphatic hydroxyl groups is 1. The van der Waals surface area contributed by atoms with Crippen molar-refractivity contribution in [3.05, 3.63) is 201 Å². The fourth-order valence-electron chi connectivity index (χ4n) is 8.85. The van der Waals surface area contributed by atoms with E-state index in [4.69, 9.17) is 9.47 Å². The smallest absolute Gasteiger partial charge is 0.335 e. The second-order valence-corrected chi connectivity index (χ2v) is 14.3. The molecular weight excluding hydrogens is 700 g/mol. The van der Waals surface area contributed by atoms with Crippen molar-refractivity contribution in [1.82, 2.24) is 0 Å². The van der Waals surface area contributed by atoms with Gasteiger partial charge in [-0.1, -0.05) is 126 Å². The number of rotatable bonds is 6. The molecule has 0 heterocycles. The minimum absolute atomic E-state index is 0.0308. The maximum atomic E-state index is 14.1. The second kappa shape index (κ2) is 11.8. The first-order valence-corrected chi connectivity index (χ1v) is 17.7.